The van der Waals surface area contributed by atoms with Crippen LogP contribution in [0.2, 0.25) is 0 Å². The Bertz CT molecular complexity index is 1430. The molecule has 1 fully saturated rings. The highest BCUT2D eigenvalue weighted by molar-refractivity contribution is 6.08. The van der Waals surface area contributed by atoms with Gasteiger partial charge in [-0.1, -0.05) is 18.2 Å². The first-order valence-electron chi connectivity index (χ1n) is 13.9. The van der Waals surface area contributed by atoms with Crippen LogP contribution in [0.25, 0.3) is 0 Å². The highest BCUT2D eigenvalue weighted by Gasteiger charge is 2.27. The van der Waals surface area contributed by atoms with Crippen LogP contribution in [-0.2, 0) is 29.7 Å². The van der Waals surface area contributed by atoms with E-state index in [1.807, 2.05) is 61.3 Å². The van der Waals surface area contributed by atoms with Gasteiger partial charge < -0.3 is 25.2 Å². The number of aromatic nitrogens is 2. The van der Waals surface area contributed by atoms with Crippen LogP contribution in [0.4, 0.5) is 22.0 Å². The quantitative estimate of drug-likeness (QED) is 0.427. The van der Waals surface area contributed by atoms with Crippen LogP contribution in [0.1, 0.15) is 39.9 Å². The fourth-order valence-electron chi connectivity index (χ4n) is 5.33. The van der Waals surface area contributed by atoms with Crippen molar-refractivity contribution in [2.24, 2.45) is 7.05 Å². The van der Waals surface area contributed by atoms with Crippen LogP contribution < -0.4 is 15.5 Å². The van der Waals surface area contributed by atoms with E-state index in [2.05, 4.69) is 20.6 Å². The SMILES string of the molecule is COC(=O)CCCN1CCN(C(=O)NCc2ccc(C(=O)N3Cc4cnn(C)c4Nc4ccccc43)cc2C)CC1. The topological polar surface area (TPSA) is 112 Å². The molecule has 5 rings (SSSR count). The van der Waals surface area contributed by atoms with E-state index in [9.17, 15) is 14.4 Å². The number of para-hydroxylation sites is 2. The summed E-state index contributed by atoms with van der Waals surface area (Å²) in [5, 5.41) is 10.8. The predicted octanol–water partition coefficient (Wildman–Crippen LogP) is 3.41. The number of hydrogen-bond donors (Lipinski definition) is 2. The number of nitrogens with one attached hydrogen (secondary N) is 2. The normalized spacial score (nSPS) is 14.9. The Morgan fingerprint density at radius 2 is 1.85 bits per heavy atom. The first-order valence-corrected chi connectivity index (χ1v) is 13.9. The minimum atomic E-state index is -0.191. The third kappa shape index (κ3) is 6.35. The first-order chi connectivity index (χ1) is 19.8. The van der Waals surface area contributed by atoms with Gasteiger partial charge in [-0.05, 0) is 55.3 Å². The molecule has 2 aliphatic rings. The minimum absolute atomic E-state index is 0.0975. The number of carbonyl (C=O) groups is 3. The third-order valence-electron chi connectivity index (χ3n) is 7.80. The van der Waals surface area contributed by atoms with Crippen molar-refractivity contribution in [1.82, 2.24) is 24.9 Å². The van der Waals surface area contributed by atoms with Gasteiger partial charge in [0, 0.05) is 57.3 Å². The summed E-state index contributed by atoms with van der Waals surface area (Å²) in [6.07, 6.45) is 2.95. The molecule has 11 nitrogen and oxygen atoms in total. The highest BCUT2D eigenvalue weighted by Crippen LogP contribution is 2.36. The van der Waals surface area contributed by atoms with Crippen LogP contribution in [0.15, 0.2) is 48.7 Å². The van der Waals surface area contributed by atoms with Crippen molar-refractivity contribution in [3.05, 3.63) is 70.9 Å². The summed E-state index contributed by atoms with van der Waals surface area (Å²) in [5.74, 6) is 0.581. The molecule has 0 saturated carbocycles. The van der Waals surface area contributed by atoms with Crippen LogP contribution in [0.3, 0.4) is 0 Å². The molecule has 1 aromatic heterocycles. The number of carbonyl (C=O) groups excluding carboxylic acids is 3. The van der Waals surface area contributed by atoms with Gasteiger partial charge >= 0.3 is 12.0 Å². The second-order valence-electron chi connectivity index (χ2n) is 10.5. The molecule has 0 bridgehead atoms. The second kappa shape index (κ2) is 12.4. The van der Waals surface area contributed by atoms with E-state index in [1.54, 1.807) is 15.8 Å². The highest BCUT2D eigenvalue weighted by atomic mass is 16.5. The van der Waals surface area contributed by atoms with E-state index < -0.39 is 0 Å². The van der Waals surface area contributed by atoms with Crippen molar-refractivity contribution in [2.45, 2.75) is 32.9 Å². The van der Waals surface area contributed by atoms with Gasteiger partial charge in [-0.3, -0.25) is 19.2 Å². The molecule has 216 valence electrons. The third-order valence-corrected chi connectivity index (χ3v) is 7.80. The lowest BCUT2D eigenvalue weighted by Crippen LogP contribution is -2.51. The van der Waals surface area contributed by atoms with Crippen LogP contribution in [0, 0.1) is 6.92 Å². The summed E-state index contributed by atoms with van der Waals surface area (Å²) in [5.41, 5.74) is 5.09. The molecule has 0 spiro atoms. The molecular formula is C30H37N7O4. The summed E-state index contributed by atoms with van der Waals surface area (Å²) < 4.78 is 6.47. The number of aryl methyl sites for hydroxylation is 2. The monoisotopic (exact) mass is 559 g/mol. The van der Waals surface area contributed by atoms with E-state index in [0.717, 1.165) is 59.9 Å². The van der Waals surface area contributed by atoms with Gasteiger partial charge in [-0.15, -0.1) is 0 Å². The maximum atomic E-state index is 13.8. The summed E-state index contributed by atoms with van der Waals surface area (Å²) in [6.45, 7) is 6.40. The summed E-state index contributed by atoms with van der Waals surface area (Å²) in [7, 11) is 3.28. The van der Waals surface area contributed by atoms with Gasteiger partial charge in [0.25, 0.3) is 5.91 Å². The number of anilines is 3. The van der Waals surface area contributed by atoms with Gasteiger partial charge in [0.05, 0.1) is 31.2 Å². The number of nitrogens with zero attached hydrogens (tertiary/aromatic N) is 5. The molecule has 0 aliphatic carbocycles. The average Bonchev–Trinajstić information content (AvgIpc) is 3.23. The minimum Gasteiger partial charge on any atom is -0.469 e. The molecular weight excluding hydrogens is 522 g/mol. The number of fused-ring (bicyclic) bond motifs is 2. The van der Waals surface area contributed by atoms with Crippen molar-refractivity contribution in [1.29, 1.82) is 0 Å². The molecule has 11 heteroatoms. The van der Waals surface area contributed by atoms with E-state index in [-0.39, 0.29) is 17.9 Å². The van der Waals surface area contributed by atoms with Crippen molar-refractivity contribution >= 4 is 35.1 Å². The fraction of sp³-hybridized carbons (Fsp3) is 0.400. The zero-order valence-electron chi connectivity index (χ0n) is 23.9. The van der Waals surface area contributed by atoms with Crippen LogP contribution in [0.5, 0.6) is 0 Å². The number of methoxy groups -OCH3 is 1. The van der Waals surface area contributed by atoms with Crippen molar-refractivity contribution in [3.63, 3.8) is 0 Å². The van der Waals surface area contributed by atoms with Crippen molar-refractivity contribution in [3.8, 4) is 0 Å². The Labute approximate surface area is 240 Å². The van der Waals surface area contributed by atoms with Gasteiger partial charge in [-0.25, -0.2) is 4.79 Å². The summed E-state index contributed by atoms with van der Waals surface area (Å²) >= 11 is 0. The zero-order chi connectivity index (χ0) is 28.9. The Morgan fingerprint density at radius 1 is 1.07 bits per heavy atom. The van der Waals surface area contributed by atoms with E-state index in [4.69, 9.17) is 4.74 Å². The lowest BCUT2D eigenvalue weighted by molar-refractivity contribution is -0.140. The molecule has 0 atom stereocenters. The number of urea groups is 1. The molecule has 3 amide bonds. The van der Waals surface area contributed by atoms with Crippen LogP contribution in [-0.4, -0.2) is 77.3 Å². The molecule has 1 saturated heterocycles. The van der Waals surface area contributed by atoms with E-state index in [1.165, 1.54) is 7.11 Å². The van der Waals surface area contributed by atoms with E-state index >= 15 is 0 Å². The zero-order valence-corrected chi connectivity index (χ0v) is 23.9. The largest absolute Gasteiger partial charge is 0.469 e. The van der Waals surface area contributed by atoms with Crippen LogP contribution >= 0.6 is 0 Å². The van der Waals surface area contributed by atoms with Gasteiger partial charge in [-0.2, -0.15) is 5.10 Å². The number of amides is 3. The molecule has 3 heterocycles. The second-order valence-corrected chi connectivity index (χ2v) is 10.5. The number of ether oxygens (including phenoxy) is 1. The number of rotatable bonds is 7. The van der Waals surface area contributed by atoms with Gasteiger partial charge in [0.15, 0.2) is 0 Å². The number of benzene rings is 2. The Hall–Kier alpha value is -4.38. The first kappa shape index (κ1) is 28.2. The van der Waals surface area contributed by atoms with Gasteiger partial charge in [0.2, 0.25) is 0 Å². The lowest BCUT2D eigenvalue weighted by Gasteiger charge is -2.34. The molecule has 2 aliphatic heterocycles. The fourth-order valence-corrected chi connectivity index (χ4v) is 5.33. The molecule has 0 radical (unpaired) electrons. The molecule has 2 aromatic carbocycles. The Morgan fingerprint density at radius 3 is 2.61 bits per heavy atom. The maximum absolute atomic E-state index is 13.8. The summed E-state index contributed by atoms with van der Waals surface area (Å²) in [4.78, 5) is 43.8. The van der Waals surface area contributed by atoms with E-state index in [0.29, 0.717) is 38.2 Å². The smallest absolute Gasteiger partial charge is 0.317 e. The predicted molar refractivity (Wildman–Crippen MR) is 156 cm³/mol. The van der Waals surface area contributed by atoms with Gasteiger partial charge in [0.1, 0.15) is 5.82 Å². The molecule has 0 unspecified atom stereocenters. The molecule has 2 N–H and O–H groups in total. The Kier molecular flexibility index (Phi) is 8.53. The average molecular weight is 560 g/mol. The number of hydrogen-bond acceptors (Lipinski definition) is 7. The standard InChI is InChI=1S/C30H37N7O4/c1-21-17-22(29(39)37-20-24-19-32-34(2)28(24)33-25-7-4-5-8-26(25)37)10-11-23(21)18-31-30(40)36-15-13-35(14-16-36)12-6-9-27(38)41-3/h4-5,7-8,10-11,17,19,33H,6,9,12-16,18,20H2,1-3H3,(H,31,40). The van der Waals surface area contributed by atoms with Crippen molar-refractivity contribution in [2.75, 3.05) is 50.1 Å². The molecule has 3 aromatic rings. The molecule has 41 heavy (non-hydrogen) atoms. The Balaban J connectivity index is 1.18. The lowest BCUT2D eigenvalue weighted by atomic mass is 10.0. The summed E-state index contributed by atoms with van der Waals surface area (Å²) in [6, 6.07) is 13.3. The number of esters is 1. The maximum Gasteiger partial charge on any atom is 0.317 e. The van der Waals surface area contributed by atoms with Crippen molar-refractivity contribution < 1.29 is 19.1 Å². The number of piperazine rings is 1.